The van der Waals surface area contributed by atoms with E-state index in [2.05, 4.69) is 16.2 Å². The summed E-state index contributed by atoms with van der Waals surface area (Å²) in [7, 11) is 0. The molecule has 0 atom stereocenters. The number of carbonyl (C=O) groups excluding carboxylic acids is 2. The Hall–Kier alpha value is -3.91. The number of aryl methyl sites for hydroxylation is 2. The van der Waals surface area contributed by atoms with Gasteiger partial charge in [0, 0.05) is 12.0 Å². The highest BCUT2D eigenvalue weighted by molar-refractivity contribution is 7.80. The third-order valence-corrected chi connectivity index (χ3v) is 5.05. The monoisotopic (exact) mass is 477 g/mol. The second-order valence-corrected chi connectivity index (χ2v) is 8.03. The van der Waals surface area contributed by atoms with Crippen molar-refractivity contribution in [3.8, 4) is 11.5 Å². The molecule has 0 aliphatic heterocycles. The molecule has 0 unspecified atom stereocenters. The molecule has 0 aliphatic rings. The highest BCUT2D eigenvalue weighted by atomic mass is 32.1. The average Bonchev–Trinajstić information content (AvgIpc) is 2.83. The zero-order valence-corrected chi connectivity index (χ0v) is 19.9. The van der Waals surface area contributed by atoms with Crippen LogP contribution < -0.4 is 25.6 Å². The van der Waals surface area contributed by atoms with Crippen LogP contribution in [0.4, 0.5) is 0 Å². The second-order valence-electron chi connectivity index (χ2n) is 7.62. The smallest absolute Gasteiger partial charge is 0.276 e. The van der Waals surface area contributed by atoms with Gasteiger partial charge in [0.1, 0.15) is 11.5 Å². The van der Waals surface area contributed by atoms with Gasteiger partial charge in [0.2, 0.25) is 0 Å². The zero-order valence-electron chi connectivity index (χ0n) is 19.1. The number of carbonyl (C=O) groups is 2. The number of rotatable bonds is 8. The Bertz CT molecular complexity index is 1130. The van der Waals surface area contributed by atoms with Gasteiger partial charge < -0.3 is 9.47 Å². The molecule has 0 heterocycles. The van der Waals surface area contributed by atoms with Gasteiger partial charge in [0.25, 0.3) is 11.8 Å². The third-order valence-electron chi connectivity index (χ3n) is 4.85. The number of thiocarbonyl (C=S) groups is 1. The number of hydrogen-bond donors (Lipinski definition) is 3. The van der Waals surface area contributed by atoms with Gasteiger partial charge in [-0.05, 0) is 67.5 Å². The molecule has 0 aromatic heterocycles. The minimum absolute atomic E-state index is 0.0342. The highest BCUT2D eigenvalue weighted by Gasteiger charge is 2.10. The van der Waals surface area contributed by atoms with Crippen LogP contribution >= 0.6 is 12.2 Å². The quantitative estimate of drug-likeness (QED) is 0.339. The van der Waals surface area contributed by atoms with Gasteiger partial charge in [0.05, 0.1) is 6.61 Å². The summed E-state index contributed by atoms with van der Waals surface area (Å²) in [6.45, 7) is 4.24. The van der Waals surface area contributed by atoms with Crippen molar-refractivity contribution >= 4 is 29.1 Å². The third kappa shape index (κ3) is 7.90. The van der Waals surface area contributed by atoms with Crippen LogP contribution in [0.2, 0.25) is 0 Å². The van der Waals surface area contributed by atoms with Crippen molar-refractivity contribution in [2.24, 2.45) is 0 Å². The van der Waals surface area contributed by atoms with Crippen molar-refractivity contribution in [1.29, 1.82) is 0 Å². The number of amides is 2. The molecule has 0 fully saturated rings. The highest BCUT2D eigenvalue weighted by Crippen LogP contribution is 2.18. The van der Waals surface area contributed by atoms with Crippen molar-refractivity contribution in [2.45, 2.75) is 20.3 Å². The molecule has 0 aliphatic carbocycles. The molecule has 8 heteroatoms. The Morgan fingerprint density at radius 1 is 0.882 bits per heavy atom. The maximum absolute atomic E-state index is 12.4. The Labute approximate surface area is 204 Å². The Kier molecular flexibility index (Phi) is 8.99. The lowest BCUT2D eigenvalue weighted by Gasteiger charge is -2.12. The van der Waals surface area contributed by atoms with E-state index in [1.807, 2.05) is 62.4 Å². The van der Waals surface area contributed by atoms with E-state index in [9.17, 15) is 9.59 Å². The summed E-state index contributed by atoms with van der Waals surface area (Å²) in [4.78, 5) is 24.4. The number of nitrogens with one attached hydrogen (secondary N) is 3. The first-order valence-corrected chi connectivity index (χ1v) is 11.2. The Balaban J connectivity index is 1.37. The predicted molar refractivity (Wildman–Crippen MR) is 135 cm³/mol. The van der Waals surface area contributed by atoms with Crippen LogP contribution in [0.5, 0.6) is 11.5 Å². The van der Waals surface area contributed by atoms with Gasteiger partial charge >= 0.3 is 0 Å². The molecule has 3 aromatic rings. The van der Waals surface area contributed by atoms with Crippen LogP contribution in [-0.4, -0.2) is 30.1 Å². The van der Waals surface area contributed by atoms with E-state index in [1.165, 1.54) is 5.56 Å². The fourth-order valence-electron chi connectivity index (χ4n) is 3.11. The lowest BCUT2D eigenvalue weighted by molar-refractivity contribution is -0.123. The van der Waals surface area contributed by atoms with E-state index < -0.39 is 11.8 Å². The van der Waals surface area contributed by atoms with Gasteiger partial charge in [-0.1, -0.05) is 48.0 Å². The fourth-order valence-corrected chi connectivity index (χ4v) is 3.25. The summed E-state index contributed by atoms with van der Waals surface area (Å²) in [5, 5.41) is 2.48. The van der Waals surface area contributed by atoms with Crippen molar-refractivity contribution in [2.75, 3.05) is 13.2 Å². The lowest BCUT2D eigenvalue weighted by Crippen LogP contribution is -2.49. The van der Waals surface area contributed by atoms with Crippen LogP contribution in [0, 0.1) is 13.8 Å². The molecule has 3 N–H and O–H groups in total. The molecule has 2 amide bonds. The Morgan fingerprint density at radius 2 is 1.62 bits per heavy atom. The molecule has 3 rings (SSSR count). The maximum atomic E-state index is 12.4. The standard InChI is InChI=1S/C26H27N3O4S/c1-18-8-13-23(19(2)16-18)33-17-24(30)28-29-26(34)27-25(31)21-9-11-22(12-10-21)32-15-14-20-6-4-3-5-7-20/h3-13,16H,14-15,17H2,1-2H3,(H,28,30)(H2,27,29,31,34). The van der Waals surface area contributed by atoms with Crippen LogP contribution in [0.3, 0.4) is 0 Å². The van der Waals surface area contributed by atoms with Crippen molar-refractivity contribution in [3.63, 3.8) is 0 Å². The summed E-state index contributed by atoms with van der Waals surface area (Å²) in [6, 6.07) is 22.5. The topological polar surface area (TPSA) is 88.7 Å². The van der Waals surface area contributed by atoms with Crippen LogP contribution in [0.25, 0.3) is 0 Å². The van der Waals surface area contributed by atoms with E-state index in [0.717, 1.165) is 17.5 Å². The molecule has 0 radical (unpaired) electrons. The number of ether oxygens (including phenoxy) is 2. The first-order chi connectivity index (χ1) is 16.4. The average molecular weight is 478 g/mol. The normalized spacial score (nSPS) is 10.2. The second kappa shape index (κ2) is 12.4. The van der Waals surface area contributed by atoms with E-state index >= 15 is 0 Å². The van der Waals surface area contributed by atoms with Gasteiger partial charge in [-0.3, -0.25) is 25.8 Å². The first-order valence-electron chi connectivity index (χ1n) is 10.8. The lowest BCUT2D eigenvalue weighted by atomic mass is 10.1. The molecular formula is C26H27N3O4S. The SMILES string of the molecule is Cc1ccc(OCC(=O)NNC(=S)NC(=O)c2ccc(OCCc3ccccc3)cc2)c(C)c1. The predicted octanol–water partition coefficient (Wildman–Crippen LogP) is 3.64. The van der Waals surface area contributed by atoms with Gasteiger partial charge in [0.15, 0.2) is 11.7 Å². The minimum Gasteiger partial charge on any atom is -0.493 e. The number of hydrogen-bond acceptors (Lipinski definition) is 5. The molecule has 0 saturated heterocycles. The largest absolute Gasteiger partial charge is 0.493 e. The molecule has 0 spiro atoms. The summed E-state index contributed by atoms with van der Waals surface area (Å²) in [5.74, 6) is 0.455. The number of hydrazine groups is 1. The number of benzene rings is 3. The fraction of sp³-hybridized carbons (Fsp3) is 0.192. The van der Waals surface area contributed by atoms with Gasteiger partial charge in [-0.25, -0.2) is 0 Å². The molecule has 3 aromatic carbocycles. The van der Waals surface area contributed by atoms with Crippen LogP contribution in [-0.2, 0) is 11.2 Å². The Morgan fingerprint density at radius 3 is 2.32 bits per heavy atom. The van der Waals surface area contributed by atoms with Crippen LogP contribution in [0.15, 0.2) is 72.8 Å². The molecular weight excluding hydrogens is 450 g/mol. The molecule has 34 heavy (non-hydrogen) atoms. The van der Waals surface area contributed by atoms with Crippen molar-refractivity contribution in [3.05, 3.63) is 95.1 Å². The zero-order chi connectivity index (χ0) is 24.3. The van der Waals surface area contributed by atoms with E-state index in [0.29, 0.717) is 23.7 Å². The molecule has 0 saturated carbocycles. The molecule has 7 nitrogen and oxygen atoms in total. The van der Waals surface area contributed by atoms with Crippen LogP contribution in [0.1, 0.15) is 27.0 Å². The summed E-state index contributed by atoms with van der Waals surface area (Å²) < 4.78 is 11.2. The van der Waals surface area contributed by atoms with E-state index in [4.69, 9.17) is 21.7 Å². The van der Waals surface area contributed by atoms with E-state index in [-0.39, 0.29) is 11.7 Å². The van der Waals surface area contributed by atoms with Crippen molar-refractivity contribution in [1.82, 2.24) is 16.2 Å². The van der Waals surface area contributed by atoms with Gasteiger partial charge in [-0.15, -0.1) is 0 Å². The maximum Gasteiger partial charge on any atom is 0.276 e. The van der Waals surface area contributed by atoms with Gasteiger partial charge in [-0.2, -0.15) is 0 Å². The van der Waals surface area contributed by atoms with Crippen molar-refractivity contribution < 1.29 is 19.1 Å². The minimum atomic E-state index is -0.437. The molecule has 176 valence electrons. The molecule has 0 bridgehead atoms. The summed E-state index contributed by atoms with van der Waals surface area (Å²) >= 11 is 5.07. The summed E-state index contributed by atoms with van der Waals surface area (Å²) in [6.07, 6.45) is 0.796. The first kappa shape index (κ1) is 24.7. The summed E-state index contributed by atoms with van der Waals surface area (Å²) in [5.41, 5.74) is 8.55. The van der Waals surface area contributed by atoms with E-state index in [1.54, 1.807) is 24.3 Å².